The molecule has 2 unspecified atom stereocenters. The molecule has 206 valence electrons. The van der Waals surface area contributed by atoms with Gasteiger partial charge in [-0.3, -0.25) is 0 Å². The van der Waals surface area contributed by atoms with Gasteiger partial charge in [-0.1, -0.05) is 43.0 Å². The molecule has 6 nitrogen and oxygen atoms in total. The van der Waals surface area contributed by atoms with E-state index in [9.17, 15) is 5.11 Å². The molecule has 2 aromatic carbocycles. The summed E-state index contributed by atoms with van der Waals surface area (Å²) in [6.45, 7) is 7.62. The first-order chi connectivity index (χ1) is 18.6. The molecule has 3 aromatic rings. The number of unbranched alkanes of at least 4 members (excludes halogenated alkanes) is 3. The number of hydrogen-bond acceptors (Lipinski definition) is 5. The van der Waals surface area contributed by atoms with E-state index in [-0.39, 0.29) is 6.04 Å². The monoisotopic (exact) mass is 539 g/mol. The third-order valence-electron chi connectivity index (χ3n) is 8.01. The number of ether oxygens (including phenoxy) is 2. The second-order valence-electron chi connectivity index (χ2n) is 10.6. The molecule has 2 atom stereocenters. The molecule has 0 radical (unpaired) electrons. The van der Waals surface area contributed by atoms with Crippen molar-refractivity contribution in [1.29, 1.82) is 0 Å². The molecule has 0 amide bonds. The molecule has 0 spiro atoms. The van der Waals surface area contributed by atoms with Crippen LogP contribution in [-0.4, -0.2) is 65.7 Å². The second kappa shape index (κ2) is 13.3. The lowest BCUT2D eigenvalue weighted by atomic mass is 9.92. The van der Waals surface area contributed by atoms with Crippen LogP contribution >= 0.6 is 11.6 Å². The second-order valence-corrected chi connectivity index (χ2v) is 11.0. The number of nitrogens with one attached hydrogen (secondary N) is 1. The van der Waals surface area contributed by atoms with Gasteiger partial charge in [-0.05, 0) is 100 Å². The summed E-state index contributed by atoms with van der Waals surface area (Å²) in [5.74, 6) is 0.887. The van der Waals surface area contributed by atoms with Crippen LogP contribution < -0.4 is 4.74 Å². The number of H-pyrrole nitrogens is 1. The number of halogens is 1. The number of rotatable bonds is 12. The first-order valence-corrected chi connectivity index (χ1v) is 14.8. The smallest absolute Gasteiger partial charge is 0.216 e. The number of fused-ring (bicyclic) bond motifs is 3. The highest BCUT2D eigenvalue weighted by Gasteiger charge is 2.35. The molecule has 0 bridgehead atoms. The minimum absolute atomic E-state index is 0.152. The highest BCUT2D eigenvalue weighted by Crippen LogP contribution is 2.40. The van der Waals surface area contributed by atoms with Gasteiger partial charge in [0, 0.05) is 34.8 Å². The zero-order chi connectivity index (χ0) is 26.3. The molecule has 0 aliphatic carbocycles. The van der Waals surface area contributed by atoms with Crippen LogP contribution in [-0.2, 0) is 11.2 Å². The van der Waals surface area contributed by atoms with Crippen molar-refractivity contribution in [2.24, 2.45) is 0 Å². The number of aromatic amines is 1. The van der Waals surface area contributed by atoms with Gasteiger partial charge < -0.3 is 24.5 Å². The van der Waals surface area contributed by atoms with E-state index in [1.165, 1.54) is 63.7 Å². The first kappa shape index (κ1) is 27.5. The van der Waals surface area contributed by atoms with Gasteiger partial charge in [0.1, 0.15) is 5.75 Å². The molecular weight excluding hydrogens is 498 g/mol. The number of aliphatic hydroxyl groups excluding tert-OH is 1. The third-order valence-corrected chi connectivity index (χ3v) is 8.24. The maximum atomic E-state index is 10.8. The quantitative estimate of drug-likeness (QED) is 0.203. The Balaban J connectivity index is 1.20. The number of nitrogens with zero attached hydrogens (tertiary/aromatic N) is 2. The molecule has 2 aliphatic rings. The van der Waals surface area contributed by atoms with E-state index < -0.39 is 6.41 Å². The van der Waals surface area contributed by atoms with Crippen LogP contribution in [0.25, 0.3) is 10.9 Å². The van der Waals surface area contributed by atoms with Crippen LogP contribution in [0.5, 0.6) is 5.75 Å². The fourth-order valence-corrected chi connectivity index (χ4v) is 6.20. The van der Waals surface area contributed by atoms with Gasteiger partial charge in [0.05, 0.1) is 12.6 Å². The van der Waals surface area contributed by atoms with Crippen molar-refractivity contribution in [3.8, 4) is 5.75 Å². The van der Waals surface area contributed by atoms with Gasteiger partial charge in [-0.25, -0.2) is 4.90 Å². The van der Waals surface area contributed by atoms with Crippen LogP contribution in [0.2, 0.25) is 5.02 Å². The Morgan fingerprint density at radius 1 is 1.00 bits per heavy atom. The highest BCUT2D eigenvalue weighted by atomic mass is 35.5. The fraction of sp³-hybridized carbons (Fsp3) is 0.548. The molecule has 5 rings (SSSR count). The first-order valence-electron chi connectivity index (χ1n) is 14.4. The normalized spacial score (nSPS) is 19.5. The van der Waals surface area contributed by atoms with E-state index in [1.54, 1.807) is 0 Å². The number of aromatic nitrogens is 1. The Morgan fingerprint density at radius 2 is 1.79 bits per heavy atom. The number of hydrogen-bond donors (Lipinski definition) is 2. The summed E-state index contributed by atoms with van der Waals surface area (Å²) in [6, 6.07) is 14.1. The van der Waals surface area contributed by atoms with Crippen LogP contribution in [0.1, 0.15) is 74.7 Å². The van der Waals surface area contributed by atoms with Gasteiger partial charge in [-0.15, -0.1) is 0 Å². The third kappa shape index (κ3) is 6.54. The number of likely N-dealkylation sites (tertiary alicyclic amines) is 1. The van der Waals surface area contributed by atoms with Crippen molar-refractivity contribution in [3.05, 3.63) is 64.3 Å². The fourth-order valence-electron chi connectivity index (χ4n) is 6.03. The maximum Gasteiger partial charge on any atom is 0.216 e. The summed E-state index contributed by atoms with van der Waals surface area (Å²) in [7, 11) is 0. The molecule has 2 N–H and O–H groups in total. The Labute approximate surface area is 231 Å². The summed E-state index contributed by atoms with van der Waals surface area (Å²) in [4.78, 5) is 8.25. The number of piperidine rings is 1. The topological polar surface area (TPSA) is 61.0 Å². The van der Waals surface area contributed by atoms with Gasteiger partial charge in [0.25, 0.3) is 0 Å². The summed E-state index contributed by atoms with van der Waals surface area (Å²) in [6.07, 6.45) is 8.85. The van der Waals surface area contributed by atoms with Crippen molar-refractivity contribution in [2.45, 2.75) is 70.7 Å². The van der Waals surface area contributed by atoms with Crippen molar-refractivity contribution in [2.75, 3.05) is 39.4 Å². The molecular formula is C31H42ClN3O3. The van der Waals surface area contributed by atoms with E-state index in [4.69, 9.17) is 21.1 Å². The SMILES string of the molecule is CCOC(O)N1CCc2c([nH]c3ccc(Cl)cc23)C1c1ccc(OCCCCCCN2CCCCC2)cc1. The predicted octanol–water partition coefficient (Wildman–Crippen LogP) is 6.51. The Bertz CT molecular complexity index is 1160. The van der Waals surface area contributed by atoms with Crippen LogP contribution in [0.15, 0.2) is 42.5 Å². The minimum atomic E-state index is -0.973. The van der Waals surface area contributed by atoms with Crippen molar-refractivity contribution >= 4 is 22.5 Å². The molecule has 1 aromatic heterocycles. The van der Waals surface area contributed by atoms with Crippen LogP contribution in [0.3, 0.4) is 0 Å². The van der Waals surface area contributed by atoms with E-state index in [0.29, 0.717) is 13.2 Å². The molecule has 1 fully saturated rings. The molecule has 38 heavy (non-hydrogen) atoms. The largest absolute Gasteiger partial charge is 0.494 e. The van der Waals surface area contributed by atoms with E-state index in [1.807, 2.05) is 42.2 Å². The van der Waals surface area contributed by atoms with Crippen molar-refractivity contribution < 1.29 is 14.6 Å². The van der Waals surface area contributed by atoms with E-state index >= 15 is 0 Å². The summed E-state index contributed by atoms with van der Waals surface area (Å²) >= 11 is 6.32. The molecule has 2 aliphatic heterocycles. The molecule has 1 saturated heterocycles. The van der Waals surface area contributed by atoms with E-state index in [2.05, 4.69) is 22.0 Å². The van der Waals surface area contributed by atoms with Gasteiger partial charge >= 0.3 is 0 Å². The van der Waals surface area contributed by atoms with Gasteiger partial charge in [-0.2, -0.15) is 0 Å². The standard InChI is InChI=1S/C31H42ClN3O3/c1-2-37-31(36)35-20-16-26-27-22-24(32)12-15-28(27)33-29(26)30(35)23-10-13-25(14-11-23)38-21-9-4-3-6-17-34-18-7-5-8-19-34/h10-15,22,30-31,33,36H,2-9,16-21H2,1H3. The summed E-state index contributed by atoms with van der Waals surface area (Å²) in [5.41, 5.74) is 4.50. The Morgan fingerprint density at radius 3 is 2.58 bits per heavy atom. The highest BCUT2D eigenvalue weighted by molar-refractivity contribution is 6.31. The number of aliphatic hydroxyl groups is 1. The van der Waals surface area contributed by atoms with Crippen molar-refractivity contribution in [1.82, 2.24) is 14.8 Å². The minimum Gasteiger partial charge on any atom is -0.494 e. The average Bonchev–Trinajstić information content (AvgIpc) is 3.31. The number of benzene rings is 2. The maximum absolute atomic E-state index is 10.8. The lowest BCUT2D eigenvalue weighted by Gasteiger charge is -2.38. The lowest BCUT2D eigenvalue weighted by Crippen LogP contribution is -2.44. The van der Waals surface area contributed by atoms with Crippen LogP contribution in [0, 0.1) is 0 Å². The Hall–Kier alpha value is -2.09. The van der Waals surface area contributed by atoms with Gasteiger partial charge in [0.15, 0.2) is 0 Å². The zero-order valence-corrected chi connectivity index (χ0v) is 23.4. The van der Waals surface area contributed by atoms with Gasteiger partial charge in [0.2, 0.25) is 6.41 Å². The lowest BCUT2D eigenvalue weighted by molar-refractivity contribution is -0.202. The predicted molar refractivity (Wildman–Crippen MR) is 154 cm³/mol. The Kier molecular flexibility index (Phi) is 9.63. The zero-order valence-electron chi connectivity index (χ0n) is 22.6. The summed E-state index contributed by atoms with van der Waals surface area (Å²) in [5, 5.41) is 12.7. The van der Waals surface area contributed by atoms with Crippen molar-refractivity contribution in [3.63, 3.8) is 0 Å². The molecule has 0 saturated carbocycles. The summed E-state index contributed by atoms with van der Waals surface area (Å²) < 4.78 is 11.7. The molecule has 3 heterocycles. The van der Waals surface area contributed by atoms with Crippen LogP contribution in [0.4, 0.5) is 0 Å². The average molecular weight is 540 g/mol. The molecule has 7 heteroatoms. The van der Waals surface area contributed by atoms with E-state index in [0.717, 1.165) is 52.4 Å².